The van der Waals surface area contributed by atoms with E-state index in [1.54, 1.807) is 6.20 Å². The van der Waals surface area contributed by atoms with E-state index < -0.39 is 0 Å². The minimum atomic E-state index is -0.288. The summed E-state index contributed by atoms with van der Waals surface area (Å²) in [6.07, 6.45) is 1.66. The van der Waals surface area contributed by atoms with E-state index in [1.807, 2.05) is 6.92 Å². The molecule has 4 heteroatoms. The second kappa shape index (κ2) is 2.81. The third-order valence-corrected chi connectivity index (χ3v) is 2.05. The van der Waals surface area contributed by atoms with Crippen LogP contribution in [0.25, 0.3) is 10.9 Å². The number of hydrogen-bond donors (Lipinski definition) is 2. The highest BCUT2D eigenvalue weighted by atomic mass is 19.1. The molecule has 68 valence electrons. The Labute approximate surface area is 74.7 Å². The van der Waals surface area contributed by atoms with Crippen LogP contribution in [0, 0.1) is 5.82 Å². The average molecular weight is 179 g/mol. The Balaban J connectivity index is 2.77. The predicted molar refractivity (Wildman–Crippen MR) is 48.7 cm³/mol. The van der Waals surface area contributed by atoms with Gasteiger partial charge in [0.25, 0.3) is 0 Å². The zero-order valence-electron chi connectivity index (χ0n) is 7.21. The molecule has 0 amide bonds. The highest BCUT2D eigenvalue weighted by Gasteiger charge is 2.08. The van der Waals surface area contributed by atoms with Gasteiger partial charge in [-0.05, 0) is 24.6 Å². The summed E-state index contributed by atoms with van der Waals surface area (Å²) in [6, 6.07) is 2.67. The second-order valence-electron chi connectivity index (χ2n) is 3.11. The lowest BCUT2D eigenvalue weighted by Crippen LogP contribution is -2.05. The summed E-state index contributed by atoms with van der Waals surface area (Å²) in [5.41, 5.74) is 7.17. The number of nitrogens with zero attached hydrogens (tertiary/aromatic N) is 1. The fourth-order valence-electron chi connectivity index (χ4n) is 1.42. The molecule has 1 aromatic carbocycles. The molecule has 0 fully saturated rings. The highest BCUT2D eigenvalue weighted by Crippen LogP contribution is 2.22. The Hall–Kier alpha value is -1.42. The maximum atomic E-state index is 13.0. The van der Waals surface area contributed by atoms with E-state index in [2.05, 4.69) is 10.2 Å². The van der Waals surface area contributed by atoms with Crippen LogP contribution in [0.2, 0.25) is 0 Å². The van der Waals surface area contributed by atoms with Crippen molar-refractivity contribution in [2.75, 3.05) is 0 Å². The van der Waals surface area contributed by atoms with Crippen LogP contribution in [0.3, 0.4) is 0 Å². The maximum Gasteiger partial charge on any atom is 0.125 e. The number of halogens is 1. The smallest absolute Gasteiger partial charge is 0.125 e. The van der Waals surface area contributed by atoms with E-state index >= 15 is 0 Å². The lowest BCUT2D eigenvalue weighted by atomic mass is 10.0. The van der Waals surface area contributed by atoms with Crippen LogP contribution in [-0.4, -0.2) is 10.2 Å². The number of hydrogen-bond acceptors (Lipinski definition) is 2. The van der Waals surface area contributed by atoms with Crippen molar-refractivity contribution in [2.45, 2.75) is 13.0 Å². The Bertz CT molecular complexity index is 433. The van der Waals surface area contributed by atoms with Gasteiger partial charge in [-0.2, -0.15) is 5.10 Å². The molecule has 0 aliphatic heterocycles. The van der Waals surface area contributed by atoms with E-state index in [4.69, 9.17) is 5.73 Å². The Morgan fingerprint density at radius 3 is 3.00 bits per heavy atom. The fraction of sp³-hybridized carbons (Fsp3) is 0.222. The number of H-pyrrole nitrogens is 1. The minimum Gasteiger partial charge on any atom is -0.324 e. The average Bonchev–Trinajstić information content (AvgIpc) is 2.49. The van der Waals surface area contributed by atoms with Gasteiger partial charge in [0, 0.05) is 11.4 Å². The molecule has 13 heavy (non-hydrogen) atoms. The summed E-state index contributed by atoms with van der Waals surface area (Å²) in [6.45, 7) is 1.82. The topological polar surface area (TPSA) is 54.7 Å². The highest BCUT2D eigenvalue weighted by molar-refractivity contribution is 5.82. The number of rotatable bonds is 1. The number of aromatic nitrogens is 2. The summed E-state index contributed by atoms with van der Waals surface area (Å²) < 4.78 is 13.0. The van der Waals surface area contributed by atoms with E-state index in [0.717, 1.165) is 10.9 Å². The van der Waals surface area contributed by atoms with Crippen LogP contribution in [0.1, 0.15) is 18.5 Å². The molecule has 2 aromatic rings. The van der Waals surface area contributed by atoms with Crippen molar-refractivity contribution in [1.29, 1.82) is 0 Å². The van der Waals surface area contributed by atoms with Gasteiger partial charge in [0.05, 0.1) is 11.7 Å². The van der Waals surface area contributed by atoms with Crippen LogP contribution in [0.5, 0.6) is 0 Å². The van der Waals surface area contributed by atoms with Gasteiger partial charge in [0.2, 0.25) is 0 Å². The molecule has 3 N–H and O–H groups in total. The van der Waals surface area contributed by atoms with Crippen LogP contribution < -0.4 is 5.73 Å². The number of nitrogens with one attached hydrogen (secondary N) is 1. The third-order valence-electron chi connectivity index (χ3n) is 2.05. The standard InChI is InChI=1S/C9H10FN3/c1-5(11)7-2-6(10)3-9-8(7)4-12-13-9/h2-5H,11H2,1H3,(H,12,13). The molecule has 1 heterocycles. The van der Waals surface area contributed by atoms with Gasteiger partial charge in [-0.3, -0.25) is 5.10 Å². The first kappa shape index (κ1) is 8.19. The van der Waals surface area contributed by atoms with Gasteiger partial charge in [-0.25, -0.2) is 4.39 Å². The quantitative estimate of drug-likeness (QED) is 0.700. The minimum absolute atomic E-state index is 0.184. The Morgan fingerprint density at radius 1 is 1.54 bits per heavy atom. The van der Waals surface area contributed by atoms with Gasteiger partial charge in [-0.15, -0.1) is 0 Å². The molecule has 0 saturated heterocycles. The zero-order chi connectivity index (χ0) is 9.42. The molecule has 0 aliphatic carbocycles. The maximum absolute atomic E-state index is 13.0. The monoisotopic (exact) mass is 179 g/mol. The Morgan fingerprint density at radius 2 is 2.31 bits per heavy atom. The van der Waals surface area contributed by atoms with Crippen LogP contribution in [-0.2, 0) is 0 Å². The molecular weight excluding hydrogens is 169 g/mol. The number of benzene rings is 1. The van der Waals surface area contributed by atoms with Gasteiger partial charge in [-0.1, -0.05) is 0 Å². The summed E-state index contributed by atoms with van der Waals surface area (Å²) in [7, 11) is 0. The van der Waals surface area contributed by atoms with E-state index in [9.17, 15) is 4.39 Å². The molecule has 0 aliphatic rings. The number of nitrogens with two attached hydrogens (primary N) is 1. The molecule has 3 nitrogen and oxygen atoms in total. The van der Waals surface area contributed by atoms with Crippen molar-refractivity contribution >= 4 is 10.9 Å². The first-order valence-electron chi connectivity index (χ1n) is 4.06. The normalized spacial score (nSPS) is 13.5. The zero-order valence-corrected chi connectivity index (χ0v) is 7.21. The molecule has 1 atom stereocenters. The first-order chi connectivity index (χ1) is 6.18. The molecule has 1 aromatic heterocycles. The molecule has 0 saturated carbocycles. The predicted octanol–water partition coefficient (Wildman–Crippen LogP) is 1.72. The summed E-state index contributed by atoms with van der Waals surface area (Å²) in [5, 5.41) is 7.43. The van der Waals surface area contributed by atoms with E-state index in [0.29, 0.717) is 5.52 Å². The molecule has 0 spiro atoms. The van der Waals surface area contributed by atoms with Crippen molar-refractivity contribution in [3.05, 3.63) is 29.7 Å². The van der Waals surface area contributed by atoms with Crippen molar-refractivity contribution < 1.29 is 4.39 Å². The lowest BCUT2D eigenvalue weighted by Gasteiger charge is -2.06. The Kier molecular flexibility index (Phi) is 1.77. The van der Waals surface area contributed by atoms with Crippen LogP contribution in [0.4, 0.5) is 4.39 Å². The number of fused-ring (bicyclic) bond motifs is 1. The van der Waals surface area contributed by atoms with Gasteiger partial charge < -0.3 is 5.73 Å². The van der Waals surface area contributed by atoms with Crippen molar-refractivity contribution in [2.24, 2.45) is 5.73 Å². The van der Waals surface area contributed by atoms with Gasteiger partial charge >= 0.3 is 0 Å². The first-order valence-corrected chi connectivity index (χ1v) is 4.06. The van der Waals surface area contributed by atoms with Crippen LogP contribution >= 0.6 is 0 Å². The summed E-state index contributed by atoms with van der Waals surface area (Å²) >= 11 is 0. The summed E-state index contributed by atoms with van der Waals surface area (Å²) in [5.74, 6) is -0.288. The number of aromatic amines is 1. The van der Waals surface area contributed by atoms with Crippen molar-refractivity contribution in [3.63, 3.8) is 0 Å². The van der Waals surface area contributed by atoms with Crippen molar-refractivity contribution in [1.82, 2.24) is 10.2 Å². The van der Waals surface area contributed by atoms with Gasteiger partial charge in [0.15, 0.2) is 0 Å². The molecular formula is C9H10FN3. The summed E-state index contributed by atoms with van der Waals surface area (Å²) in [4.78, 5) is 0. The third kappa shape index (κ3) is 1.29. The lowest BCUT2D eigenvalue weighted by molar-refractivity contribution is 0.624. The molecule has 1 unspecified atom stereocenters. The SMILES string of the molecule is CC(N)c1cc(F)cc2[nH]ncc12. The fourth-order valence-corrected chi connectivity index (χ4v) is 1.42. The molecule has 0 bridgehead atoms. The van der Waals surface area contributed by atoms with Crippen molar-refractivity contribution in [3.8, 4) is 0 Å². The van der Waals surface area contributed by atoms with E-state index in [-0.39, 0.29) is 11.9 Å². The van der Waals surface area contributed by atoms with Crippen LogP contribution in [0.15, 0.2) is 18.3 Å². The molecule has 0 radical (unpaired) electrons. The molecule has 2 rings (SSSR count). The second-order valence-corrected chi connectivity index (χ2v) is 3.11. The van der Waals surface area contributed by atoms with Gasteiger partial charge in [0.1, 0.15) is 5.82 Å². The largest absolute Gasteiger partial charge is 0.324 e. The van der Waals surface area contributed by atoms with E-state index in [1.165, 1.54) is 12.1 Å².